The topological polar surface area (TPSA) is 34.1 Å². The molecule has 0 aliphatic rings. The number of hydrogen-bond acceptors (Lipinski definition) is 2. The standard InChI is InChI=1S/C8H14O2.2CH4/c1-7(9)5-3-4-6-8(2)10;;/h3-6H2,1-2H3;2*1H4. The zero-order valence-electron chi connectivity index (χ0n) is 6.64. The van der Waals surface area contributed by atoms with E-state index >= 15 is 0 Å². The van der Waals surface area contributed by atoms with E-state index in [2.05, 4.69) is 0 Å². The summed E-state index contributed by atoms with van der Waals surface area (Å²) in [7, 11) is 0. The molecule has 0 aliphatic carbocycles. The van der Waals surface area contributed by atoms with E-state index < -0.39 is 0 Å². The fourth-order valence-electron chi connectivity index (χ4n) is 0.748. The van der Waals surface area contributed by atoms with Crippen LogP contribution in [0.4, 0.5) is 0 Å². The number of carbonyl (C=O) groups excluding carboxylic acids is 2. The van der Waals surface area contributed by atoms with Crippen molar-refractivity contribution in [3.8, 4) is 0 Å². The fraction of sp³-hybridized carbons (Fsp3) is 0.800. The molecule has 0 rings (SSSR count). The van der Waals surface area contributed by atoms with Crippen LogP contribution in [0.25, 0.3) is 0 Å². The number of Topliss-reactive ketones (excluding diaryl/α,β-unsaturated/α-hetero) is 2. The van der Waals surface area contributed by atoms with Gasteiger partial charge in [-0.2, -0.15) is 0 Å². The van der Waals surface area contributed by atoms with Gasteiger partial charge in [-0.25, -0.2) is 0 Å². The van der Waals surface area contributed by atoms with Crippen molar-refractivity contribution < 1.29 is 9.59 Å². The highest BCUT2D eigenvalue weighted by Crippen LogP contribution is 2.00. The third kappa shape index (κ3) is 16.2. The summed E-state index contributed by atoms with van der Waals surface area (Å²) >= 11 is 0. The summed E-state index contributed by atoms with van der Waals surface area (Å²) in [5, 5.41) is 0. The van der Waals surface area contributed by atoms with Crippen molar-refractivity contribution in [1.82, 2.24) is 0 Å². The number of hydrogen-bond donors (Lipinski definition) is 0. The lowest BCUT2D eigenvalue weighted by molar-refractivity contribution is -0.118. The third-order valence-corrected chi connectivity index (χ3v) is 1.31. The minimum atomic E-state index is 0. The van der Waals surface area contributed by atoms with E-state index in [0.717, 1.165) is 12.8 Å². The Morgan fingerprint density at radius 3 is 1.25 bits per heavy atom. The smallest absolute Gasteiger partial charge is 0.129 e. The van der Waals surface area contributed by atoms with E-state index in [9.17, 15) is 9.59 Å². The average Bonchev–Trinajstić information content (AvgIpc) is 1.79. The third-order valence-electron chi connectivity index (χ3n) is 1.31. The molecule has 0 spiro atoms. The van der Waals surface area contributed by atoms with Gasteiger partial charge in [0.25, 0.3) is 0 Å². The molecule has 12 heavy (non-hydrogen) atoms. The Kier molecular flexibility index (Phi) is 15.0. The molecule has 0 heterocycles. The summed E-state index contributed by atoms with van der Waals surface area (Å²) in [6, 6.07) is 0. The van der Waals surface area contributed by atoms with Crippen LogP contribution in [0.1, 0.15) is 54.4 Å². The first-order chi connectivity index (χ1) is 4.63. The van der Waals surface area contributed by atoms with Crippen LogP contribution in [-0.4, -0.2) is 11.6 Å². The molecule has 0 aliphatic heterocycles. The van der Waals surface area contributed by atoms with Gasteiger partial charge >= 0.3 is 0 Å². The minimum absolute atomic E-state index is 0. The Balaban J connectivity index is -0.000000405. The molecule has 2 heteroatoms. The first-order valence-corrected chi connectivity index (χ1v) is 3.62. The van der Waals surface area contributed by atoms with Crippen LogP contribution < -0.4 is 0 Å². The molecule has 0 saturated carbocycles. The van der Waals surface area contributed by atoms with E-state index in [-0.39, 0.29) is 26.4 Å². The van der Waals surface area contributed by atoms with Crippen molar-refractivity contribution in [2.24, 2.45) is 0 Å². The number of carbonyl (C=O) groups is 2. The highest BCUT2D eigenvalue weighted by Gasteiger charge is 1.95. The maximum Gasteiger partial charge on any atom is 0.129 e. The Morgan fingerprint density at radius 2 is 1.08 bits per heavy atom. The molecule has 0 radical (unpaired) electrons. The largest absolute Gasteiger partial charge is 0.300 e. The zero-order valence-corrected chi connectivity index (χ0v) is 6.64. The fourth-order valence-corrected chi connectivity index (χ4v) is 0.748. The first-order valence-electron chi connectivity index (χ1n) is 3.62. The van der Waals surface area contributed by atoms with Crippen LogP contribution in [0.5, 0.6) is 0 Å². The molecule has 0 unspecified atom stereocenters. The predicted molar refractivity (Wildman–Crippen MR) is 53.3 cm³/mol. The molecule has 0 amide bonds. The van der Waals surface area contributed by atoms with E-state index in [0.29, 0.717) is 12.8 Å². The van der Waals surface area contributed by atoms with Crippen molar-refractivity contribution in [2.75, 3.05) is 0 Å². The normalized spacial score (nSPS) is 7.83. The number of ketones is 2. The maximum atomic E-state index is 10.4. The maximum absolute atomic E-state index is 10.4. The van der Waals surface area contributed by atoms with Crippen molar-refractivity contribution >= 4 is 11.6 Å². The van der Waals surface area contributed by atoms with Gasteiger partial charge in [0.05, 0.1) is 0 Å². The van der Waals surface area contributed by atoms with Crippen LogP contribution in [0.2, 0.25) is 0 Å². The Hall–Kier alpha value is -0.660. The highest BCUT2D eigenvalue weighted by molar-refractivity contribution is 5.76. The lowest BCUT2D eigenvalue weighted by Crippen LogP contribution is -1.92. The van der Waals surface area contributed by atoms with Crippen molar-refractivity contribution in [1.29, 1.82) is 0 Å². The Bertz CT molecular complexity index is 112. The van der Waals surface area contributed by atoms with Gasteiger partial charge in [-0.3, -0.25) is 0 Å². The molecular weight excluding hydrogens is 152 g/mol. The van der Waals surface area contributed by atoms with Gasteiger partial charge in [-0.15, -0.1) is 0 Å². The lowest BCUT2D eigenvalue weighted by atomic mass is 10.1. The van der Waals surface area contributed by atoms with Crippen molar-refractivity contribution in [3.63, 3.8) is 0 Å². The lowest BCUT2D eigenvalue weighted by Gasteiger charge is -1.93. The van der Waals surface area contributed by atoms with E-state index in [4.69, 9.17) is 0 Å². The van der Waals surface area contributed by atoms with Gasteiger partial charge in [-0.05, 0) is 26.7 Å². The summed E-state index contributed by atoms with van der Waals surface area (Å²) in [5.41, 5.74) is 0. The average molecular weight is 174 g/mol. The quantitative estimate of drug-likeness (QED) is 0.600. The van der Waals surface area contributed by atoms with Gasteiger partial charge in [-0.1, -0.05) is 14.9 Å². The highest BCUT2D eigenvalue weighted by atomic mass is 16.1. The molecule has 74 valence electrons. The van der Waals surface area contributed by atoms with Gasteiger partial charge in [0.2, 0.25) is 0 Å². The van der Waals surface area contributed by atoms with Gasteiger partial charge in [0.1, 0.15) is 11.6 Å². The number of rotatable bonds is 5. The van der Waals surface area contributed by atoms with Gasteiger partial charge < -0.3 is 9.59 Å². The van der Waals surface area contributed by atoms with Crippen molar-refractivity contribution in [3.05, 3.63) is 0 Å². The summed E-state index contributed by atoms with van der Waals surface area (Å²) in [5.74, 6) is 0.423. The zero-order chi connectivity index (χ0) is 7.98. The SMILES string of the molecule is C.C.CC(=O)CCCCC(C)=O. The monoisotopic (exact) mass is 174 g/mol. The molecule has 0 saturated heterocycles. The summed E-state index contributed by atoms with van der Waals surface area (Å²) in [4.78, 5) is 20.8. The Morgan fingerprint density at radius 1 is 0.833 bits per heavy atom. The van der Waals surface area contributed by atoms with E-state index in [1.54, 1.807) is 13.8 Å². The molecule has 0 aromatic heterocycles. The molecule has 2 nitrogen and oxygen atoms in total. The molecule has 0 aromatic rings. The predicted octanol–water partition coefficient (Wildman–Crippen LogP) is 3.00. The minimum Gasteiger partial charge on any atom is -0.300 e. The summed E-state index contributed by atoms with van der Waals surface area (Å²) in [6.45, 7) is 3.15. The van der Waals surface area contributed by atoms with Crippen LogP contribution in [-0.2, 0) is 9.59 Å². The van der Waals surface area contributed by atoms with Gasteiger partial charge in [0.15, 0.2) is 0 Å². The molecular formula is C10H22O2. The van der Waals surface area contributed by atoms with Crippen LogP contribution >= 0.6 is 0 Å². The number of unbranched alkanes of at least 4 members (excludes halogenated alkanes) is 1. The van der Waals surface area contributed by atoms with E-state index in [1.165, 1.54) is 0 Å². The molecule has 0 N–H and O–H groups in total. The van der Waals surface area contributed by atoms with Crippen molar-refractivity contribution in [2.45, 2.75) is 54.4 Å². The van der Waals surface area contributed by atoms with E-state index in [1.807, 2.05) is 0 Å². The second-order valence-electron chi connectivity index (χ2n) is 2.61. The van der Waals surface area contributed by atoms with Crippen LogP contribution in [0, 0.1) is 0 Å². The second kappa shape index (κ2) is 10.3. The van der Waals surface area contributed by atoms with Gasteiger partial charge in [0, 0.05) is 12.8 Å². The molecule has 0 aromatic carbocycles. The molecule has 0 bridgehead atoms. The summed E-state index contributed by atoms with van der Waals surface area (Å²) in [6.07, 6.45) is 2.95. The molecule has 0 fully saturated rings. The molecule has 0 atom stereocenters. The Labute approximate surface area is 76.4 Å². The second-order valence-corrected chi connectivity index (χ2v) is 2.61. The van der Waals surface area contributed by atoms with Crippen LogP contribution in [0.15, 0.2) is 0 Å². The van der Waals surface area contributed by atoms with Crippen LogP contribution in [0.3, 0.4) is 0 Å². The summed E-state index contributed by atoms with van der Waals surface area (Å²) < 4.78 is 0. The first kappa shape index (κ1) is 17.4.